The number of carbonyl (C=O) groups excluding carboxylic acids is 1. The van der Waals surface area contributed by atoms with Crippen LogP contribution in [-0.2, 0) is 16.0 Å². The van der Waals surface area contributed by atoms with Crippen molar-refractivity contribution < 1.29 is 9.53 Å². The Bertz CT molecular complexity index is 1360. The van der Waals surface area contributed by atoms with Gasteiger partial charge in [-0.3, -0.25) is 4.79 Å². The normalized spacial score (nSPS) is 18.3. The Morgan fingerprint density at radius 2 is 1.92 bits per heavy atom. The van der Waals surface area contributed by atoms with Crippen molar-refractivity contribution in [2.75, 3.05) is 31.2 Å². The standard InChI is InChI=1S/C31H34N4O2/c1-22-6-5-9-24(18-22)27-12-13-35(33-27)31-21-29(34-14-16-37-17-15-34)26-19-25(20-28(26)32-31)30(36)11-10-23-7-3-2-4-8-23/h5-6,9-13,18,20-21,23H,2-4,7-8,14-17,19H2,1H3/b11-10+. The molecular formula is C31H34N4O2. The third-order valence-electron chi connectivity index (χ3n) is 7.77. The summed E-state index contributed by atoms with van der Waals surface area (Å²) in [6, 6.07) is 12.5. The van der Waals surface area contributed by atoms with Crippen LogP contribution in [0.5, 0.6) is 0 Å². The zero-order valence-electron chi connectivity index (χ0n) is 21.5. The van der Waals surface area contributed by atoms with E-state index in [1.165, 1.54) is 37.7 Å². The first-order valence-corrected chi connectivity index (χ1v) is 13.6. The van der Waals surface area contributed by atoms with Crippen molar-refractivity contribution in [1.29, 1.82) is 0 Å². The number of pyridine rings is 1. The SMILES string of the molecule is Cc1cccc(-c2ccn(-c3cc(N4CCOCC4)c4c(n3)C=C(C(=O)/C=C/C3CCCCC3)C4)n2)c1. The second-order valence-corrected chi connectivity index (χ2v) is 10.4. The summed E-state index contributed by atoms with van der Waals surface area (Å²) in [4.78, 5) is 20.5. The van der Waals surface area contributed by atoms with Crippen LogP contribution >= 0.6 is 0 Å². The predicted molar refractivity (Wildman–Crippen MR) is 147 cm³/mol. The maximum absolute atomic E-state index is 13.2. The molecule has 0 radical (unpaired) electrons. The van der Waals surface area contributed by atoms with Crippen LogP contribution in [0.4, 0.5) is 5.69 Å². The second-order valence-electron chi connectivity index (χ2n) is 10.4. The Morgan fingerprint density at radius 3 is 2.73 bits per heavy atom. The van der Waals surface area contributed by atoms with Crippen molar-refractivity contribution in [3.05, 3.63) is 77.1 Å². The Hall–Kier alpha value is -3.51. The quantitative estimate of drug-likeness (QED) is 0.410. The molecule has 1 saturated heterocycles. The fourth-order valence-electron chi connectivity index (χ4n) is 5.70. The summed E-state index contributed by atoms with van der Waals surface area (Å²) < 4.78 is 7.46. The van der Waals surface area contributed by atoms with Crippen molar-refractivity contribution in [2.45, 2.75) is 45.4 Å². The minimum atomic E-state index is 0.110. The molecule has 0 unspecified atom stereocenters. The van der Waals surface area contributed by atoms with Crippen LogP contribution in [-0.4, -0.2) is 46.9 Å². The Labute approximate surface area is 218 Å². The fourth-order valence-corrected chi connectivity index (χ4v) is 5.70. The molecule has 1 aliphatic heterocycles. The Balaban J connectivity index is 1.32. The third-order valence-corrected chi connectivity index (χ3v) is 7.77. The molecule has 37 heavy (non-hydrogen) atoms. The number of allylic oxidation sites excluding steroid dienone is 3. The molecule has 2 aliphatic carbocycles. The molecule has 0 spiro atoms. The number of fused-ring (bicyclic) bond motifs is 1. The molecule has 6 rings (SSSR count). The van der Waals surface area contributed by atoms with E-state index in [-0.39, 0.29) is 5.78 Å². The van der Waals surface area contributed by atoms with E-state index in [4.69, 9.17) is 14.8 Å². The molecule has 6 heteroatoms. The van der Waals surface area contributed by atoms with Crippen molar-refractivity contribution in [2.24, 2.45) is 5.92 Å². The summed E-state index contributed by atoms with van der Waals surface area (Å²) in [5, 5.41) is 4.85. The average Bonchev–Trinajstić information content (AvgIpc) is 3.60. The fraction of sp³-hybridized carbons (Fsp3) is 0.387. The van der Waals surface area contributed by atoms with Crippen molar-refractivity contribution >= 4 is 17.5 Å². The molecule has 3 heterocycles. The first-order valence-electron chi connectivity index (χ1n) is 13.6. The van der Waals surface area contributed by atoms with Crippen LogP contribution < -0.4 is 4.90 Å². The zero-order chi connectivity index (χ0) is 25.2. The lowest BCUT2D eigenvalue weighted by Gasteiger charge is -2.30. The lowest BCUT2D eigenvalue weighted by molar-refractivity contribution is -0.111. The van der Waals surface area contributed by atoms with Crippen LogP contribution in [0.2, 0.25) is 0 Å². The van der Waals surface area contributed by atoms with Crippen LogP contribution in [0.1, 0.15) is 48.9 Å². The topological polar surface area (TPSA) is 60.2 Å². The van der Waals surface area contributed by atoms with Gasteiger partial charge in [-0.25, -0.2) is 9.67 Å². The van der Waals surface area contributed by atoms with E-state index in [2.05, 4.69) is 48.2 Å². The van der Waals surface area contributed by atoms with Crippen molar-refractivity contribution in [1.82, 2.24) is 14.8 Å². The number of nitrogens with zero attached hydrogens (tertiary/aromatic N) is 4. The smallest absolute Gasteiger partial charge is 0.181 e. The summed E-state index contributed by atoms with van der Waals surface area (Å²) in [5.41, 5.74) is 7.17. The van der Waals surface area contributed by atoms with Crippen LogP contribution in [0.15, 0.2) is 60.3 Å². The maximum atomic E-state index is 13.2. The number of ether oxygens (including phenoxy) is 1. The highest BCUT2D eigenvalue weighted by molar-refractivity contribution is 6.09. The van der Waals surface area contributed by atoms with E-state index in [1.807, 2.05) is 29.1 Å². The molecule has 190 valence electrons. The first kappa shape index (κ1) is 23.9. The molecule has 6 nitrogen and oxygen atoms in total. The van der Waals surface area contributed by atoms with E-state index >= 15 is 0 Å². The molecule has 2 fully saturated rings. The number of hydrogen-bond acceptors (Lipinski definition) is 5. The number of aryl methyl sites for hydroxylation is 1. The summed E-state index contributed by atoms with van der Waals surface area (Å²) in [7, 11) is 0. The molecule has 0 N–H and O–H groups in total. The molecule has 0 atom stereocenters. The lowest BCUT2D eigenvalue weighted by Crippen LogP contribution is -2.37. The number of hydrogen-bond donors (Lipinski definition) is 0. The van der Waals surface area contributed by atoms with Gasteiger partial charge in [0.25, 0.3) is 0 Å². The van der Waals surface area contributed by atoms with Gasteiger partial charge in [-0.1, -0.05) is 49.1 Å². The van der Waals surface area contributed by atoms with E-state index in [0.29, 0.717) is 25.6 Å². The van der Waals surface area contributed by atoms with Gasteiger partial charge in [-0.2, -0.15) is 5.10 Å². The van der Waals surface area contributed by atoms with Gasteiger partial charge in [0.05, 0.1) is 24.6 Å². The molecule has 1 aromatic carbocycles. The number of rotatable bonds is 6. The van der Waals surface area contributed by atoms with E-state index in [1.54, 1.807) is 0 Å². The third kappa shape index (κ3) is 5.16. The predicted octanol–water partition coefficient (Wildman–Crippen LogP) is 5.72. The summed E-state index contributed by atoms with van der Waals surface area (Å²) in [6.07, 6.45) is 14.8. The minimum absolute atomic E-state index is 0.110. The van der Waals surface area contributed by atoms with E-state index in [0.717, 1.165) is 52.7 Å². The molecule has 0 bridgehead atoms. The van der Waals surface area contributed by atoms with Gasteiger partial charge in [0.1, 0.15) is 0 Å². The number of ketones is 1. The van der Waals surface area contributed by atoms with Crippen molar-refractivity contribution in [3.63, 3.8) is 0 Å². The van der Waals surface area contributed by atoms with Crippen LogP contribution in [0.25, 0.3) is 23.2 Å². The number of carbonyl (C=O) groups is 1. The number of anilines is 1. The van der Waals surface area contributed by atoms with Crippen molar-refractivity contribution in [3.8, 4) is 17.1 Å². The van der Waals surface area contributed by atoms with Gasteiger partial charge in [0.15, 0.2) is 11.6 Å². The monoisotopic (exact) mass is 494 g/mol. The van der Waals surface area contributed by atoms with Gasteiger partial charge in [-0.05, 0) is 50.0 Å². The molecular weight excluding hydrogens is 460 g/mol. The highest BCUT2D eigenvalue weighted by atomic mass is 16.5. The molecule has 2 aromatic heterocycles. The Morgan fingerprint density at radius 1 is 1.08 bits per heavy atom. The Kier molecular flexibility index (Phi) is 6.75. The summed E-state index contributed by atoms with van der Waals surface area (Å²) >= 11 is 0. The second kappa shape index (κ2) is 10.5. The minimum Gasteiger partial charge on any atom is -0.378 e. The van der Waals surface area contributed by atoms with E-state index in [9.17, 15) is 4.79 Å². The van der Waals surface area contributed by atoms with Gasteiger partial charge in [0, 0.05) is 54.2 Å². The molecule has 1 saturated carbocycles. The van der Waals surface area contributed by atoms with Gasteiger partial charge < -0.3 is 9.64 Å². The van der Waals surface area contributed by atoms with Gasteiger partial charge in [0.2, 0.25) is 0 Å². The van der Waals surface area contributed by atoms with Gasteiger partial charge in [-0.15, -0.1) is 0 Å². The lowest BCUT2D eigenvalue weighted by atomic mass is 9.88. The first-order chi connectivity index (χ1) is 18.1. The molecule has 0 amide bonds. The average molecular weight is 495 g/mol. The van der Waals surface area contributed by atoms with E-state index < -0.39 is 0 Å². The molecule has 3 aromatic rings. The van der Waals surface area contributed by atoms with Crippen LogP contribution in [0.3, 0.4) is 0 Å². The zero-order valence-corrected chi connectivity index (χ0v) is 21.5. The maximum Gasteiger partial charge on any atom is 0.181 e. The number of aromatic nitrogens is 3. The van der Waals surface area contributed by atoms with Crippen LogP contribution in [0, 0.1) is 12.8 Å². The summed E-state index contributed by atoms with van der Waals surface area (Å²) in [6.45, 7) is 5.15. The highest BCUT2D eigenvalue weighted by Gasteiger charge is 2.26. The number of morpholine rings is 1. The summed E-state index contributed by atoms with van der Waals surface area (Å²) in [5.74, 6) is 1.42. The number of benzene rings is 1. The highest BCUT2D eigenvalue weighted by Crippen LogP contribution is 2.35. The largest absolute Gasteiger partial charge is 0.378 e. The molecule has 3 aliphatic rings. The van der Waals surface area contributed by atoms with Gasteiger partial charge >= 0.3 is 0 Å².